The van der Waals surface area contributed by atoms with Crippen molar-refractivity contribution in [3.8, 4) is 0 Å². The van der Waals surface area contributed by atoms with Crippen molar-refractivity contribution in [2.45, 2.75) is 18.9 Å². The first kappa shape index (κ1) is 17.5. The Hall–Kier alpha value is -2.32. The molecule has 1 atom stereocenters. The zero-order chi connectivity index (χ0) is 17.6. The van der Waals surface area contributed by atoms with Crippen LogP contribution in [-0.4, -0.2) is 57.8 Å². The third kappa shape index (κ3) is 4.40. The van der Waals surface area contributed by atoms with E-state index in [0.717, 1.165) is 36.8 Å². The van der Waals surface area contributed by atoms with Gasteiger partial charge in [0, 0.05) is 43.1 Å². The Labute approximate surface area is 151 Å². The molecule has 8 heteroatoms. The molecule has 132 valence electrons. The van der Waals surface area contributed by atoms with Crippen molar-refractivity contribution in [2.24, 2.45) is 0 Å². The van der Waals surface area contributed by atoms with E-state index in [1.807, 2.05) is 35.4 Å². The van der Waals surface area contributed by atoms with Crippen LogP contribution in [0.3, 0.4) is 0 Å². The Balaban J connectivity index is 1.78. The molecule has 2 aromatic heterocycles. The zero-order valence-corrected chi connectivity index (χ0v) is 15.2. The van der Waals surface area contributed by atoms with Crippen LogP contribution >= 0.6 is 11.3 Å². The van der Waals surface area contributed by atoms with Gasteiger partial charge in [-0.2, -0.15) is 0 Å². The highest BCUT2D eigenvalue weighted by molar-refractivity contribution is 7.13. The van der Waals surface area contributed by atoms with Gasteiger partial charge >= 0.3 is 0 Å². The minimum atomic E-state index is -0.0623. The second-order valence-electron chi connectivity index (χ2n) is 6.11. The maximum atomic E-state index is 12.6. The predicted octanol–water partition coefficient (Wildman–Crippen LogP) is 2.46. The Morgan fingerprint density at radius 2 is 2.20 bits per heavy atom. The summed E-state index contributed by atoms with van der Waals surface area (Å²) in [6.45, 7) is 1.48. The first-order chi connectivity index (χ1) is 12.1. The molecule has 0 saturated carbocycles. The molecule has 0 spiro atoms. The topological polar surface area (TPSA) is 74.2 Å². The Bertz CT molecular complexity index is 730. The largest absolute Gasteiger partial charge is 0.330 e. The van der Waals surface area contributed by atoms with Gasteiger partial charge in [0.1, 0.15) is 5.69 Å². The fourth-order valence-corrected chi connectivity index (χ4v) is 3.38. The summed E-state index contributed by atoms with van der Waals surface area (Å²) in [5.41, 5.74) is 0.796. The first-order valence-corrected chi connectivity index (χ1v) is 9.12. The molecule has 0 bridgehead atoms. The molecule has 3 heterocycles. The number of rotatable bonds is 6. The summed E-state index contributed by atoms with van der Waals surface area (Å²) >= 11 is 1.50. The number of carbonyl (C=O) groups is 1. The zero-order valence-electron chi connectivity index (χ0n) is 14.4. The molecule has 1 N–H and O–H groups in total. The third-order valence-electron chi connectivity index (χ3n) is 3.97. The molecule has 1 fully saturated rings. The number of thiazole rings is 1. The summed E-state index contributed by atoms with van der Waals surface area (Å²) in [6.07, 6.45) is 10.5. The van der Waals surface area contributed by atoms with Gasteiger partial charge in [-0.05, 0) is 26.9 Å². The maximum absolute atomic E-state index is 12.6. The Morgan fingerprint density at radius 3 is 2.96 bits per heavy atom. The van der Waals surface area contributed by atoms with Crippen LogP contribution in [0.25, 0.3) is 0 Å². The summed E-state index contributed by atoms with van der Waals surface area (Å²) in [4.78, 5) is 29.6. The highest BCUT2D eigenvalue weighted by atomic mass is 32.1. The highest BCUT2D eigenvalue weighted by Crippen LogP contribution is 2.34. The van der Waals surface area contributed by atoms with Crippen molar-refractivity contribution >= 4 is 28.2 Å². The second-order valence-corrected chi connectivity index (χ2v) is 7.00. The molecule has 3 rings (SSSR count). The van der Waals surface area contributed by atoms with Crippen LogP contribution in [-0.2, 0) is 4.79 Å². The van der Waals surface area contributed by atoms with Crippen LogP contribution < -0.4 is 5.32 Å². The van der Waals surface area contributed by atoms with Crippen molar-refractivity contribution in [2.75, 3.05) is 32.5 Å². The molecule has 0 aliphatic carbocycles. The van der Waals surface area contributed by atoms with E-state index >= 15 is 0 Å². The lowest BCUT2D eigenvalue weighted by Crippen LogP contribution is -2.30. The minimum absolute atomic E-state index is 0.0233. The average molecular weight is 358 g/mol. The average Bonchev–Trinajstić information content (AvgIpc) is 3.26. The molecule has 1 amide bonds. The summed E-state index contributed by atoms with van der Waals surface area (Å²) in [7, 11) is 3.95. The third-order valence-corrected chi connectivity index (χ3v) is 4.66. The molecule has 25 heavy (non-hydrogen) atoms. The van der Waals surface area contributed by atoms with E-state index in [1.165, 1.54) is 11.3 Å². The molecule has 0 aromatic carbocycles. The second kappa shape index (κ2) is 8.17. The Kier molecular flexibility index (Phi) is 5.72. The molecule has 2 aromatic rings. The first-order valence-electron chi connectivity index (χ1n) is 8.24. The standard InChI is InChI=1S/C17H22N6OS/c1-22(2)10-4-6-14(24)23-11-3-5-13(23)15-16(19-8-7-18-15)21-17-20-9-12-25-17/h4,6-9,12-13H,3,5,10-11H2,1-2H3,(H,19,20,21)/b6-4+. The SMILES string of the molecule is CN(C)C/C=C/C(=O)N1CCCC1c1nccnc1Nc1nccs1. The fourth-order valence-electron chi connectivity index (χ4n) is 2.85. The van der Waals surface area contributed by atoms with Gasteiger partial charge in [-0.15, -0.1) is 11.3 Å². The van der Waals surface area contributed by atoms with Crippen molar-refractivity contribution in [1.29, 1.82) is 0 Å². The number of anilines is 2. The number of carbonyl (C=O) groups excluding carboxylic acids is 1. The summed E-state index contributed by atoms with van der Waals surface area (Å²) in [6, 6.07) is -0.0623. The summed E-state index contributed by atoms with van der Waals surface area (Å²) in [5, 5.41) is 5.89. The molecular formula is C17H22N6OS. The lowest BCUT2D eigenvalue weighted by Gasteiger charge is -2.24. The van der Waals surface area contributed by atoms with Crippen molar-refractivity contribution in [3.05, 3.63) is 41.8 Å². The lowest BCUT2D eigenvalue weighted by atomic mass is 10.1. The molecule has 1 aliphatic rings. The van der Waals surface area contributed by atoms with Crippen LogP contribution in [0.5, 0.6) is 0 Å². The van der Waals surface area contributed by atoms with E-state index in [0.29, 0.717) is 5.82 Å². The maximum Gasteiger partial charge on any atom is 0.246 e. The van der Waals surface area contributed by atoms with Crippen LogP contribution in [0.4, 0.5) is 10.9 Å². The number of amides is 1. The van der Waals surface area contributed by atoms with Gasteiger partial charge in [-0.25, -0.2) is 9.97 Å². The quantitative estimate of drug-likeness (QED) is 0.800. The van der Waals surface area contributed by atoms with Crippen LogP contribution in [0.15, 0.2) is 36.1 Å². The molecule has 1 aliphatic heterocycles. The van der Waals surface area contributed by atoms with Crippen molar-refractivity contribution in [3.63, 3.8) is 0 Å². The fraction of sp³-hybridized carbons (Fsp3) is 0.412. The van der Waals surface area contributed by atoms with E-state index in [4.69, 9.17) is 0 Å². The smallest absolute Gasteiger partial charge is 0.246 e. The number of likely N-dealkylation sites (tertiary alicyclic amines) is 1. The molecule has 1 unspecified atom stereocenters. The number of aromatic nitrogens is 3. The number of nitrogens with one attached hydrogen (secondary N) is 1. The number of nitrogens with zero attached hydrogens (tertiary/aromatic N) is 5. The highest BCUT2D eigenvalue weighted by Gasteiger charge is 2.32. The van der Waals surface area contributed by atoms with E-state index in [-0.39, 0.29) is 11.9 Å². The van der Waals surface area contributed by atoms with E-state index in [9.17, 15) is 4.79 Å². The molecular weight excluding hydrogens is 336 g/mol. The van der Waals surface area contributed by atoms with E-state index in [2.05, 4.69) is 20.3 Å². The van der Waals surface area contributed by atoms with Gasteiger partial charge in [-0.3, -0.25) is 9.78 Å². The molecule has 1 saturated heterocycles. The number of likely N-dealkylation sites (N-methyl/N-ethyl adjacent to an activating group) is 1. The van der Waals surface area contributed by atoms with Gasteiger partial charge in [0.2, 0.25) is 5.91 Å². The van der Waals surface area contributed by atoms with Crippen molar-refractivity contribution in [1.82, 2.24) is 24.8 Å². The van der Waals surface area contributed by atoms with Crippen LogP contribution in [0.1, 0.15) is 24.6 Å². The summed E-state index contributed by atoms with van der Waals surface area (Å²) < 4.78 is 0. The normalized spacial score (nSPS) is 17.6. The van der Waals surface area contributed by atoms with E-state index in [1.54, 1.807) is 24.7 Å². The lowest BCUT2D eigenvalue weighted by molar-refractivity contribution is -0.127. The van der Waals surface area contributed by atoms with Crippen LogP contribution in [0, 0.1) is 0 Å². The van der Waals surface area contributed by atoms with Crippen molar-refractivity contribution < 1.29 is 4.79 Å². The summed E-state index contributed by atoms with van der Waals surface area (Å²) in [5.74, 6) is 0.689. The van der Waals surface area contributed by atoms with Gasteiger partial charge in [0.05, 0.1) is 6.04 Å². The van der Waals surface area contributed by atoms with Gasteiger partial charge in [-0.1, -0.05) is 6.08 Å². The molecule has 7 nitrogen and oxygen atoms in total. The monoisotopic (exact) mass is 358 g/mol. The number of hydrogen-bond donors (Lipinski definition) is 1. The number of hydrogen-bond acceptors (Lipinski definition) is 7. The van der Waals surface area contributed by atoms with Gasteiger partial charge in [0.25, 0.3) is 0 Å². The minimum Gasteiger partial charge on any atom is -0.330 e. The van der Waals surface area contributed by atoms with Gasteiger partial charge < -0.3 is 15.1 Å². The van der Waals surface area contributed by atoms with E-state index < -0.39 is 0 Å². The van der Waals surface area contributed by atoms with Crippen LogP contribution in [0.2, 0.25) is 0 Å². The van der Waals surface area contributed by atoms with Gasteiger partial charge in [0.15, 0.2) is 10.9 Å². The Morgan fingerprint density at radius 1 is 1.36 bits per heavy atom. The molecule has 0 radical (unpaired) electrons. The predicted molar refractivity (Wildman–Crippen MR) is 98.8 cm³/mol.